The van der Waals surface area contributed by atoms with E-state index < -0.39 is 29.3 Å². The van der Waals surface area contributed by atoms with Gasteiger partial charge in [-0.1, -0.05) is 19.3 Å². The summed E-state index contributed by atoms with van der Waals surface area (Å²) in [5.74, 6) is -1.67. The van der Waals surface area contributed by atoms with Crippen LogP contribution in [0.5, 0.6) is 0 Å². The molecule has 28 heavy (non-hydrogen) atoms. The van der Waals surface area contributed by atoms with Gasteiger partial charge in [0.15, 0.2) is 0 Å². The average molecular weight is 414 g/mol. The first-order valence-electron chi connectivity index (χ1n) is 9.61. The molecule has 0 aromatic heterocycles. The predicted molar refractivity (Wildman–Crippen MR) is 104 cm³/mol. The monoisotopic (exact) mass is 413 g/mol. The summed E-state index contributed by atoms with van der Waals surface area (Å²) in [6, 6.07) is -0.686. The third-order valence-electron chi connectivity index (χ3n) is 5.00. The van der Waals surface area contributed by atoms with Crippen molar-refractivity contribution in [1.29, 1.82) is 0 Å². The molecule has 0 saturated heterocycles. The molecular formula is C20H28ClNO6. The molecule has 0 fully saturated rings. The van der Waals surface area contributed by atoms with Crippen molar-refractivity contribution in [3.05, 3.63) is 22.9 Å². The van der Waals surface area contributed by atoms with Gasteiger partial charge in [0.1, 0.15) is 6.54 Å². The van der Waals surface area contributed by atoms with E-state index in [2.05, 4.69) is 0 Å². The Morgan fingerprint density at radius 3 is 2.43 bits per heavy atom. The Balaban J connectivity index is 2.61. The highest BCUT2D eigenvalue weighted by Gasteiger charge is 2.41. The molecule has 0 spiro atoms. The fourth-order valence-electron chi connectivity index (χ4n) is 3.75. The number of hydrogen-bond donors (Lipinski definition) is 0. The van der Waals surface area contributed by atoms with E-state index >= 15 is 0 Å². The lowest BCUT2D eigenvalue weighted by molar-refractivity contribution is -0.145. The highest BCUT2D eigenvalue weighted by atomic mass is 35.5. The van der Waals surface area contributed by atoms with Gasteiger partial charge >= 0.3 is 17.9 Å². The number of fused-ring (bicyclic) bond motifs is 7. The zero-order valence-corrected chi connectivity index (χ0v) is 17.4. The lowest BCUT2D eigenvalue weighted by Crippen LogP contribution is -2.48. The Labute approximate surface area is 170 Å². The van der Waals surface area contributed by atoms with Crippen LogP contribution in [0, 0.1) is 0 Å². The van der Waals surface area contributed by atoms with Crippen molar-refractivity contribution >= 4 is 29.5 Å². The van der Waals surface area contributed by atoms with Crippen LogP contribution >= 0.6 is 11.6 Å². The number of carbonyl (C=O) groups is 3. The molecular weight excluding hydrogens is 386 g/mol. The quantitative estimate of drug-likeness (QED) is 0.389. The van der Waals surface area contributed by atoms with Gasteiger partial charge < -0.3 is 19.1 Å². The van der Waals surface area contributed by atoms with Crippen molar-refractivity contribution in [3.8, 4) is 0 Å². The molecule has 0 radical (unpaired) electrons. The van der Waals surface area contributed by atoms with Crippen LogP contribution in [0.4, 0.5) is 0 Å². The van der Waals surface area contributed by atoms with E-state index in [0.29, 0.717) is 18.4 Å². The molecule has 3 aliphatic rings. The van der Waals surface area contributed by atoms with Crippen LogP contribution in [0.25, 0.3) is 0 Å². The van der Waals surface area contributed by atoms with Gasteiger partial charge in [-0.2, -0.15) is 0 Å². The van der Waals surface area contributed by atoms with E-state index in [9.17, 15) is 14.4 Å². The third-order valence-corrected chi connectivity index (χ3v) is 5.45. The van der Waals surface area contributed by atoms with Gasteiger partial charge in [-0.25, -0.2) is 9.59 Å². The lowest BCUT2D eigenvalue weighted by atomic mass is 9.86. The topological polar surface area (TPSA) is 82.1 Å². The summed E-state index contributed by atoms with van der Waals surface area (Å²) in [5, 5.41) is -0.487. The average Bonchev–Trinajstić information content (AvgIpc) is 2.73. The van der Waals surface area contributed by atoms with Crippen molar-refractivity contribution in [3.63, 3.8) is 0 Å². The molecule has 1 aliphatic carbocycles. The summed E-state index contributed by atoms with van der Waals surface area (Å²) in [4.78, 5) is 39.2. The van der Waals surface area contributed by atoms with E-state index in [1.807, 2.05) is 0 Å². The van der Waals surface area contributed by atoms with Crippen LogP contribution in [-0.2, 0) is 28.6 Å². The molecule has 156 valence electrons. The van der Waals surface area contributed by atoms with Crippen molar-refractivity contribution in [2.24, 2.45) is 0 Å². The zero-order chi connectivity index (χ0) is 20.7. The molecule has 0 N–H and O–H groups in total. The van der Waals surface area contributed by atoms with Gasteiger partial charge in [0.05, 0.1) is 43.4 Å². The molecule has 2 aliphatic heterocycles. The van der Waals surface area contributed by atoms with Crippen LogP contribution in [0.2, 0.25) is 0 Å². The van der Waals surface area contributed by atoms with E-state index in [-0.39, 0.29) is 24.3 Å². The molecule has 0 amide bonds. The van der Waals surface area contributed by atoms with Crippen LogP contribution < -0.4 is 0 Å². The molecule has 2 bridgehead atoms. The Kier molecular flexibility index (Phi) is 8.35. The van der Waals surface area contributed by atoms with E-state index in [1.54, 1.807) is 18.0 Å². The first-order chi connectivity index (χ1) is 13.4. The van der Waals surface area contributed by atoms with Gasteiger partial charge in [0.2, 0.25) is 0 Å². The number of ether oxygens (including phenoxy) is 3. The smallest absolute Gasteiger partial charge is 0.338 e. The van der Waals surface area contributed by atoms with Gasteiger partial charge in [-0.3, -0.25) is 4.79 Å². The van der Waals surface area contributed by atoms with Crippen molar-refractivity contribution in [2.45, 2.75) is 56.9 Å². The highest BCUT2D eigenvalue weighted by Crippen LogP contribution is 2.37. The van der Waals surface area contributed by atoms with Gasteiger partial charge in [-0.05, 0) is 31.8 Å². The summed E-state index contributed by atoms with van der Waals surface area (Å²) >= 11 is 6.71. The molecule has 2 atom stereocenters. The summed E-state index contributed by atoms with van der Waals surface area (Å²) in [6.07, 6.45) is 6.74. The number of rotatable bonds is 5. The predicted octanol–water partition coefficient (Wildman–Crippen LogP) is 2.72. The van der Waals surface area contributed by atoms with Crippen molar-refractivity contribution in [1.82, 2.24) is 4.90 Å². The largest absolute Gasteiger partial charge is 0.466 e. The number of nitrogens with zero attached hydrogens (tertiary/aromatic N) is 1. The number of esters is 3. The fraction of sp³-hybridized carbons (Fsp3) is 0.650. The minimum absolute atomic E-state index is 0.0693. The Morgan fingerprint density at radius 2 is 1.79 bits per heavy atom. The van der Waals surface area contributed by atoms with E-state index in [4.69, 9.17) is 25.8 Å². The highest BCUT2D eigenvalue weighted by molar-refractivity contribution is 6.22. The number of alkyl halides is 1. The first-order valence-corrected chi connectivity index (χ1v) is 10.1. The van der Waals surface area contributed by atoms with E-state index in [1.165, 1.54) is 14.2 Å². The minimum Gasteiger partial charge on any atom is -0.466 e. The molecule has 0 aromatic rings. The van der Waals surface area contributed by atoms with Gasteiger partial charge in [0, 0.05) is 6.20 Å². The standard InChI is InChI=1S/C20H28ClNO6/c1-4-28-15(23)12-22-11-13-9-7-5-6-8-10-14(21)18(22)17(20(25)27-3)16(13)19(24)26-2/h11,14,18H,4-10,12H2,1-3H3/t14-,18-/m0/s1. The number of hydrogen-bond acceptors (Lipinski definition) is 7. The maximum absolute atomic E-state index is 12.7. The van der Waals surface area contributed by atoms with Crippen LogP contribution in [0.15, 0.2) is 22.9 Å². The van der Waals surface area contributed by atoms with Crippen LogP contribution in [0.1, 0.15) is 45.4 Å². The van der Waals surface area contributed by atoms with Gasteiger partial charge in [-0.15, -0.1) is 11.6 Å². The van der Waals surface area contributed by atoms with Gasteiger partial charge in [0.25, 0.3) is 0 Å². The number of carbonyl (C=O) groups excluding carboxylic acids is 3. The lowest BCUT2D eigenvalue weighted by Gasteiger charge is -2.38. The Bertz CT molecular complexity index is 672. The molecule has 2 heterocycles. The van der Waals surface area contributed by atoms with Crippen LogP contribution in [0.3, 0.4) is 0 Å². The Morgan fingerprint density at radius 1 is 1.11 bits per heavy atom. The van der Waals surface area contributed by atoms with Crippen LogP contribution in [-0.4, -0.2) is 61.6 Å². The molecule has 0 unspecified atom stereocenters. The molecule has 3 rings (SSSR count). The Hall–Kier alpha value is -2.02. The summed E-state index contributed by atoms with van der Waals surface area (Å²) in [6.45, 7) is 1.92. The van der Waals surface area contributed by atoms with E-state index in [0.717, 1.165) is 25.7 Å². The maximum Gasteiger partial charge on any atom is 0.338 e. The first kappa shape index (κ1) is 22.3. The zero-order valence-electron chi connectivity index (χ0n) is 16.7. The summed E-state index contributed by atoms with van der Waals surface area (Å²) in [7, 11) is 2.54. The molecule has 0 saturated carbocycles. The normalized spacial score (nSPS) is 22.9. The molecule has 8 heteroatoms. The number of methoxy groups -OCH3 is 2. The third kappa shape index (κ3) is 5.07. The summed E-state index contributed by atoms with van der Waals surface area (Å²) < 4.78 is 15.0. The second-order valence-electron chi connectivity index (χ2n) is 6.82. The van der Waals surface area contributed by atoms with Crippen molar-refractivity contribution in [2.75, 3.05) is 27.4 Å². The SMILES string of the molecule is CCOC(=O)CN1C=C2CCCCCC[C@H](Cl)[C@H]1C(C(=O)OC)=C2C(=O)OC. The maximum atomic E-state index is 12.7. The molecule has 7 nitrogen and oxygen atoms in total. The van der Waals surface area contributed by atoms with Crippen molar-refractivity contribution < 1.29 is 28.6 Å². The second kappa shape index (κ2) is 10.5. The fourth-order valence-corrected chi connectivity index (χ4v) is 4.18. The molecule has 0 aromatic carbocycles. The second-order valence-corrected chi connectivity index (χ2v) is 7.38. The number of halogens is 1. The minimum atomic E-state index is -0.686. The summed E-state index contributed by atoms with van der Waals surface area (Å²) in [5.41, 5.74) is 1.00.